The van der Waals surface area contributed by atoms with Gasteiger partial charge in [0.2, 0.25) is 5.91 Å². The van der Waals surface area contributed by atoms with Gasteiger partial charge < -0.3 is 14.9 Å². The Bertz CT molecular complexity index is 550. The Kier molecular flexibility index (Phi) is 5.16. The fourth-order valence-electron chi connectivity index (χ4n) is 3.71. The number of aliphatic hydroxyl groups is 1. The van der Waals surface area contributed by atoms with Crippen molar-refractivity contribution >= 4 is 11.6 Å². The molecule has 1 aromatic rings. The van der Waals surface area contributed by atoms with Crippen molar-refractivity contribution in [3.05, 3.63) is 29.6 Å². The molecule has 1 aliphatic heterocycles. The lowest BCUT2D eigenvalue weighted by Gasteiger charge is -2.38. The summed E-state index contributed by atoms with van der Waals surface area (Å²) in [6, 6.07) is 5.11. The van der Waals surface area contributed by atoms with Crippen LogP contribution >= 0.6 is 0 Å². The van der Waals surface area contributed by atoms with Crippen molar-refractivity contribution in [2.75, 3.05) is 31.1 Å². The Morgan fingerprint density at radius 1 is 1.13 bits per heavy atom. The van der Waals surface area contributed by atoms with Crippen molar-refractivity contribution in [1.29, 1.82) is 0 Å². The molecule has 1 amide bonds. The number of rotatable bonds is 3. The normalized spacial score (nSPS) is 19.9. The van der Waals surface area contributed by atoms with E-state index in [0.29, 0.717) is 37.4 Å². The number of amides is 1. The molecule has 5 heteroatoms. The molecule has 126 valence electrons. The number of carbonyl (C=O) groups excluding carboxylic acids is 1. The lowest BCUT2D eigenvalue weighted by molar-refractivity contribution is -0.136. The van der Waals surface area contributed by atoms with Crippen LogP contribution in [0.5, 0.6) is 0 Å². The zero-order chi connectivity index (χ0) is 16.2. The molecule has 4 nitrogen and oxygen atoms in total. The van der Waals surface area contributed by atoms with Crippen LogP contribution in [-0.2, 0) is 11.4 Å². The fraction of sp³-hybridized carbons (Fsp3) is 0.611. The summed E-state index contributed by atoms with van der Waals surface area (Å²) >= 11 is 0. The van der Waals surface area contributed by atoms with Crippen LogP contribution in [0, 0.1) is 11.7 Å². The highest BCUT2D eigenvalue weighted by atomic mass is 19.1. The molecule has 0 bridgehead atoms. The van der Waals surface area contributed by atoms with Crippen molar-refractivity contribution in [2.24, 2.45) is 5.92 Å². The van der Waals surface area contributed by atoms with Gasteiger partial charge in [-0.05, 0) is 18.9 Å². The first-order valence-electron chi connectivity index (χ1n) is 8.62. The van der Waals surface area contributed by atoms with Gasteiger partial charge in [-0.1, -0.05) is 31.4 Å². The molecule has 1 aliphatic carbocycles. The molecule has 0 atom stereocenters. The molecule has 0 aromatic heterocycles. The fourth-order valence-corrected chi connectivity index (χ4v) is 3.71. The van der Waals surface area contributed by atoms with Crippen LogP contribution in [0.25, 0.3) is 0 Å². The second-order valence-electron chi connectivity index (χ2n) is 6.56. The highest BCUT2D eigenvalue weighted by Crippen LogP contribution is 2.27. The van der Waals surface area contributed by atoms with Gasteiger partial charge in [0.15, 0.2) is 5.82 Å². The second-order valence-corrected chi connectivity index (χ2v) is 6.56. The first-order chi connectivity index (χ1) is 11.2. The summed E-state index contributed by atoms with van der Waals surface area (Å²) in [6.45, 7) is 2.30. The third-order valence-electron chi connectivity index (χ3n) is 5.12. The Labute approximate surface area is 136 Å². The lowest BCUT2D eigenvalue weighted by Crippen LogP contribution is -2.50. The molecule has 0 radical (unpaired) electrons. The molecular weight excluding hydrogens is 295 g/mol. The monoisotopic (exact) mass is 320 g/mol. The number of hydrogen-bond acceptors (Lipinski definition) is 3. The minimum Gasteiger partial charge on any atom is -0.392 e. The lowest BCUT2D eigenvalue weighted by atomic mass is 9.88. The van der Waals surface area contributed by atoms with Gasteiger partial charge in [-0.2, -0.15) is 0 Å². The van der Waals surface area contributed by atoms with Gasteiger partial charge in [0.1, 0.15) is 0 Å². The van der Waals surface area contributed by atoms with Gasteiger partial charge in [0.05, 0.1) is 12.3 Å². The van der Waals surface area contributed by atoms with Gasteiger partial charge in [-0.25, -0.2) is 4.39 Å². The topological polar surface area (TPSA) is 43.8 Å². The van der Waals surface area contributed by atoms with E-state index in [4.69, 9.17) is 0 Å². The van der Waals surface area contributed by atoms with Crippen LogP contribution in [0.3, 0.4) is 0 Å². The molecule has 1 aromatic carbocycles. The first-order valence-corrected chi connectivity index (χ1v) is 8.62. The predicted molar refractivity (Wildman–Crippen MR) is 87.7 cm³/mol. The van der Waals surface area contributed by atoms with Crippen LogP contribution in [-0.4, -0.2) is 42.1 Å². The summed E-state index contributed by atoms with van der Waals surface area (Å²) in [5, 5.41) is 9.19. The smallest absolute Gasteiger partial charge is 0.225 e. The molecule has 0 unspecified atom stereocenters. The Morgan fingerprint density at radius 3 is 2.48 bits per heavy atom. The Morgan fingerprint density at radius 2 is 1.83 bits per heavy atom. The number of anilines is 1. The SMILES string of the molecule is O=C(C1CCCCC1)N1CCN(c2cccc(CO)c2F)CC1. The number of hydrogen-bond donors (Lipinski definition) is 1. The summed E-state index contributed by atoms with van der Waals surface area (Å²) < 4.78 is 14.3. The molecule has 2 aliphatic rings. The van der Waals surface area contributed by atoms with Crippen molar-refractivity contribution in [3.63, 3.8) is 0 Å². The maximum Gasteiger partial charge on any atom is 0.225 e. The molecule has 1 heterocycles. The third kappa shape index (κ3) is 3.50. The van der Waals surface area contributed by atoms with E-state index in [2.05, 4.69) is 0 Å². The number of aliphatic hydroxyl groups excluding tert-OH is 1. The van der Waals surface area contributed by atoms with E-state index in [-0.39, 0.29) is 24.2 Å². The first kappa shape index (κ1) is 16.2. The van der Waals surface area contributed by atoms with Crippen molar-refractivity contribution in [3.8, 4) is 0 Å². The van der Waals surface area contributed by atoms with Crippen LogP contribution in [0.15, 0.2) is 18.2 Å². The summed E-state index contributed by atoms with van der Waals surface area (Å²) in [5.41, 5.74) is 0.851. The average Bonchev–Trinajstić information content (AvgIpc) is 2.62. The quantitative estimate of drug-likeness (QED) is 0.931. The number of benzene rings is 1. The maximum atomic E-state index is 14.3. The van der Waals surface area contributed by atoms with Crippen LogP contribution in [0.1, 0.15) is 37.7 Å². The van der Waals surface area contributed by atoms with Crippen molar-refractivity contribution < 1.29 is 14.3 Å². The minimum absolute atomic E-state index is 0.199. The third-order valence-corrected chi connectivity index (χ3v) is 5.12. The number of nitrogens with zero attached hydrogens (tertiary/aromatic N) is 2. The van der Waals surface area contributed by atoms with E-state index >= 15 is 0 Å². The van der Waals surface area contributed by atoms with Gasteiger partial charge in [-0.3, -0.25) is 4.79 Å². The van der Waals surface area contributed by atoms with E-state index in [1.165, 1.54) is 6.42 Å². The molecular formula is C18H25FN2O2. The van der Waals surface area contributed by atoms with Gasteiger partial charge in [0, 0.05) is 37.7 Å². The number of halogens is 1. The largest absolute Gasteiger partial charge is 0.392 e. The van der Waals surface area contributed by atoms with Gasteiger partial charge in [0.25, 0.3) is 0 Å². The van der Waals surface area contributed by atoms with Crippen LogP contribution < -0.4 is 4.90 Å². The van der Waals surface area contributed by atoms with Crippen LogP contribution in [0.2, 0.25) is 0 Å². The Hall–Kier alpha value is -1.62. The van der Waals surface area contributed by atoms with Crippen molar-refractivity contribution in [1.82, 2.24) is 4.90 Å². The molecule has 1 N–H and O–H groups in total. The van der Waals surface area contributed by atoms with Gasteiger partial charge >= 0.3 is 0 Å². The molecule has 2 fully saturated rings. The summed E-state index contributed by atoms with van der Waals surface area (Å²) in [6.07, 6.45) is 5.61. The summed E-state index contributed by atoms with van der Waals surface area (Å²) in [4.78, 5) is 16.5. The summed E-state index contributed by atoms with van der Waals surface area (Å²) in [7, 11) is 0. The number of piperazine rings is 1. The molecule has 1 saturated carbocycles. The molecule has 0 spiro atoms. The number of carbonyl (C=O) groups is 1. The maximum absolute atomic E-state index is 14.3. The van der Waals surface area contributed by atoms with E-state index in [9.17, 15) is 14.3 Å². The van der Waals surface area contributed by atoms with E-state index in [1.54, 1.807) is 18.2 Å². The zero-order valence-electron chi connectivity index (χ0n) is 13.5. The molecule has 23 heavy (non-hydrogen) atoms. The highest BCUT2D eigenvalue weighted by Gasteiger charge is 2.29. The average molecular weight is 320 g/mol. The predicted octanol–water partition coefficient (Wildman–Crippen LogP) is 2.55. The minimum atomic E-state index is -0.345. The second kappa shape index (κ2) is 7.30. The van der Waals surface area contributed by atoms with Gasteiger partial charge in [-0.15, -0.1) is 0 Å². The van der Waals surface area contributed by atoms with E-state index in [0.717, 1.165) is 25.7 Å². The van der Waals surface area contributed by atoms with E-state index < -0.39 is 0 Å². The molecule has 1 saturated heterocycles. The highest BCUT2D eigenvalue weighted by molar-refractivity contribution is 5.79. The Balaban J connectivity index is 1.61. The van der Waals surface area contributed by atoms with E-state index in [1.807, 2.05) is 9.80 Å². The molecule has 3 rings (SSSR count). The van der Waals surface area contributed by atoms with Crippen LogP contribution in [0.4, 0.5) is 10.1 Å². The van der Waals surface area contributed by atoms with Crippen molar-refractivity contribution in [2.45, 2.75) is 38.7 Å². The summed E-state index contributed by atoms with van der Waals surface area (Å²) in [5.74, 6) is 0.140. The standard InChI is InChI=1S/C18H25FN2O2/c19-17-15(13-22)7-4-8-16(17)20-9-11-21(12-10-20)18(23)14-5-2-1-3-6-14/h4,7-8,14,22H,1-3,5-6,9-13H2. The zero-order valence-corrected chi connectivity index (χ0v) is 13.5.